The van der Waals surface area contributed by atoms with E-state index >= 15 is 0 Å². The molecule has 0 saturated heterocycles. The van der Waals surface area contributed by atoms with Gasteiger partial charge in [-0.15, -0.1) is 0 Å². The zero-order chi connectivity index (χ0) is 14.0. The molecule has 0 fully saturated rings. The molecule has 0 bridgehead atoms. The molecule has 0 aromatic heterocycles. The van der Waals surface area contributed by atoms with Gasteiger partial charge in [-0.3, -0.25) is 0 Å². The number of benzene rings is 2. The Hall–Kier alpha value is -1.33. The first-order valence-electron chi connectivity index (χ1n) is 5.22. The van der Waals surface area contributed by atoms with Gasteiger partial charge >= 0.3 is 0 Å². The van der Waals surface area contributed by atoms with Crippen molar-refractivity contribution in [2.24, 2.45) is 0 Å². The van der Waals surface area contributed by atoms with Crippen molar-refractivity contribution in [2.45, 2.75) is 0 Å². The Morgan fingerprint density at radius 3 is 2.63 bits per heavy atom. The first kappa shape index (κ1) is 14.1. The molecule has 0 aliphatic rings. The molecule has 96 valence electrons. The normalized spacial score (nSPS) is 10.0. The molecule has 0 atom stereocenters. The highest BCUT2D eigenvalue weighted by Crippen LogP contribution is 2.31. The molecule has 0 aliphatic heterocycles. The summed E-state index contributed by atoms with van der Waals surface area (Å²) in [5.41, 5.74) is 8.05. The molecule has 2 rings (SSSR count). The van der Waals surface area contributed by atoms with E-state index in [0.29, 0.717) is 30.7 Å². The van der Waals surface area contributed by atoms with E-state index in [1.54, 1.807) is 24.3 Å². The summed E-state index contributed by atoms with van der Waals surface area (Å²) in [7, 11) is 0. The lowest BCUT2D eigenvalue weighted by atomic mass is 10.2. The van der Waals surface area contributed by atoms with Gasteiger partial charge < -0.3 is 11.1 Å². The predicted molar refractivity (Wildman–Crippen MR) is 85.7 cm³/mol. The molecule has 0 heterocycles. The smallest absolute Gasteiger partial charge is 0.138 e. The highest BCUT2D eigenvalue weighted by Gasteiger charge is 2.08. The molecule has 0 amide bonds. The van der Waals surface area contributed by atoms with Gasteiger partial charge in [-0.05, 0) is 62.8 Å². The Morgan fingerprint density at radius 2 is 2.00 bits per heavy atom. The summed E-state index contributed by atoms with van der Waals surface area (Å²) in [6.07, 6.45) is 0. The molecule has 0 unspecified atom stereocenters. The van der Waals surface area contributed by atoms with E-state index in [1.807, 2.05) is 28.7 Å². The number of halogens is 3. The molecule has 0 radical (unpaired) electrons. The van der Waals surface area contributed by atoms with Gasteiger partial charge in [0.15, 0.2) is 0 Å². The fourth-order valence-electron chi connectivity index (χ4n) is 1.50. The lowest BCUT2D eigenvalue weighted by Gasteiger charge is -2.12. The molecular formula is C13H8BrFIN3. The van der Waals surface area contributed by atoms with Gasteiger partial charge in [-0.1, -0.05) is 0 Å². The van der Waals surface area contributed by atoms with Crippen LogP contribution in [0.2, 0.25) is 0 Å². The molecular weight excluding hydrogens is 424 g/mol. The molecule has 0 saturated carbocycles. The highest BCUT2D eigenvalue weighted by molar-refractivity contribution is 14.1. The maximum Gasteiger partial charge on any atom is 0.138 e. The van der Waals surface area contributed by atoms with Crippen molar-refractivity contribution in [1.82, 2.24) is 0 Å². The lowest BCUT2D eigenvalue weighted by molar-refractivity contribution is 0.621. The summed E-state index contributed by atoms with van der Waals surface area (Å²) in [5.74, 6) is -0.331. The average Bonchev–Trinajstić information content (AvgIpc) is 2.38. The topological polar surface area (TPSA) is 61.8 Å². The molecule has 2 aromatic rings. The number of nitrogens with two attached hydrogens (primary N) is 1. The third-order valence-electron chi connectivity index (χ3n) is 2.46. The summed E-state index contributed by atoms with van der Waals surface area (Å²) >= 11 is 5.24. The summed E-state index contributed by atoms with van der Waals surface area (Å²) in [6.45, 7) is 0. The third kappa shape index (κ3) is 3.16. The number of nitrogen functional groups attached to an aromatic ring is 1. The highest BCUT2D eigenvalue weighted by atomic mass is 127. The second-order valence-electron chi connectivity index (χ2n) is 3.78. The molecule has 6 heteroatoms. The maximum absolute atomic E-state index is 13.5. The van der Waals surface area contributed by atoms with Crippen molar-refractivity contribution >= 4 is 55.6 Å². The minimum absolute atomic E-state index is 0.331. The molecule has 3 N–H and O–H groups in total. The molecule has 19 heavy (non-hydrogen) atoms. The van der Waals surface area contributed by atoms with Gasteiger partial charge in [0.1, 0.15) is 5.82 Å². The van der Waals surface area contributed by atoms with Crippen molar-refractivity contribution < 1.29 is 4.39 Å². The van der Waals surface area contributed by atoms with Crippen molar-refractivity contribution in [3.05, 3.63) is 49.8 Å². The fraction of sp³-hybridized carbons (Fsp3) is 0. The van der Waals surface area contributed by atoms with Crippen LogP contribution in [-0.2, 0) is 0 Å². The predicted octanol–water partition coefficient (Wildman–Crippen LogP) is 4.39. The van der Waals surface area contributed by atoms with Crippen LogP contribution in [0.4, 0.5) is 21.5 Å². The summed E-state index contributed by atoms with van der Waals surface area (Å²) in [4.78, 5) is 0. The number of nitrogens with one attached hydrogen (secondary N) is 1. The van der Waals surface area contributed by atoms with Crippen LogP contribution in [-0.4, -0.2) is 0 Å². The number of anilines is 3. The third-order valence-corrected chi connectivity index (χ3v) is 3.94. The number of nitrogens with zero attached hydrogens (tertiary/aromatic N) is 1. The van der Waals surface area contributed by atoms with Crippen molar-refractivity contribution in [1.29, 1.82) is 5.26 Å². The average molecular weight is 432 g/mol. The maximum atomic E-state index is 13.5. The minimum Gasteiger partial charge on any atom is -0.397 e. The molecule has 0 spiro atoms. The van der Waals surface area contributed by atoms with E-state index in [-0.39, 0.29) is 5.82 Å². The molecule has 2 aromatic carbocycles. The van der Waals surface area contributed by atoms with Gasteiger partial charge in [-0.2, -0.15) is 5.26 Å². The van der Waals surface area contributed by atoms with Crippen LogP contribution >= 0.6 is 38.5 Å². The Bertz CT molecular complexity index is 682. The van der Waals surface area contributed by atoms with Crippen molar-refractivity contribution in [3.63, 3.8) is 0 Å². The van der Waals surface area contributed by atoms with Gasteiger partial charge in [0.2, 0.25) is 0 Å². The van der Waals surface area contributed by atoms with Crippen molar-refractivity contribution in [3.8, 4) is 6.07 Å². The zero-order valence-corrected chi connectivity index (χ0v) is 13.3. The van der Waals surface area contributed by atoms with Crippen LogP contribution in [0.25, 0.3) is 0 Å². The first-order chi connectivity index (χ1) is 9.01. The van der Waals surface area contributed by atoms with E-state index in [0.717, 1.165) is 0 Å². The zero-order valence-electron chi connectivity index (χ0n) is 9.55. The number of hydrogen-bond acceptors (Lipinski definition) is 3. The van der Waals surface area contributed by atoms with Crippen molar-refractivity contribution in [2.75, 3.05) is 11.1 Å². The SMILES string of the molecule is N#Cc1ccc(Nc2cc(F)c(I)cc2N)c(Br)c1. The van der Waals surface area contributed by atoms with Crippen LogP contribution in [0.15, 0.2) is 34.8 Å². The van der Waals surface area contributed by atoms with Gasteiger partial charge in [0, 0.05) is 10.5 Å². The summed E-state index contributed by atoms with van der Waals surface area (Å²) < 4.78 is 14.7. The van der Waals surface area contributed by atoms with Gasteiger partial charge in [0.05, 0.1) is 32.3 Å². The van der Waals surface area contributed by atoms with Gasteiger partial charge in [-0.25, -0.2) is 4.39 Å². The number of nitriles is 1. The van der Waals surface area contributed by atoms with E-state index < -0.39 is 0 Å². The Kier molecular flexibility index (Phi) is 4.27. The summed E-state index contributed by atoms with van der Waals surface area (Å²) in [6, 6.07) is 10.0. The number of rotatable bonds is 2. The monoisotopic (exact) mass is 431 g/mol. The van der Waals surface area contributed by atoms with E-state index in [1.165, 1.54) is 6.07 Å². The summed E-state index contributed by atoms with van der Waals surface area (Å²) in [5, 5.41) is 11.8. The van der Waals surface area contributed by atoms with Gasteiger partial charge in [0.25, 0.3) is 0 Å². The first-order valence-corrected chi connectivity index (χ1v) is 7.09. The Balaban J connectivity index is 2.37. The van der Waals surface area contributed by atoms with Crippen LogP contribution in [0.3, 0.4) is 0 Å². The number of hydrogen-bond donors (Lipinski definition) is 2. The minimum atomic E-state index is -0.331. The van der Waals surface area contributed by atoms with E-state index in [9.17, 15) is 4.39 Å². The molecule has 3 nitrogen and oxygen atoms in total. The van der Waals surface area contributed by atoms with Crippen LogP contribution in [0, 0.1) is 20.7 Å². The second-order valence-corrected chi connectivity index (χ2v) is 5.80. The van der Waals surface area contributed by atoms with Crippen LogP contribution < -0.4 is 11.1 Å². The standard InChI is InChI=1S/C13H8BrFIN3/c14-8-3-7(6-17)1-2-12(8)19-13-4-9(15)10(16)5-11(13)18/h1-5,19H,18H2. The van der Waals surface area contributed by atoms with E-state index in [4.69, 9.17) is 11.0 Å². The lowest BCUT2D eigenvalue weighted by Crippen LogP contribution is -1.99. The van der Waals surface area contributed by atoms with Crippen LogP contribution in [0.5, 0.6) is 0 Å². The second kappa shape index (κ2) is 5.75. The largest absolute Gasteiger partial charge is 0.397 e. The Labute approximate surface area is 131 Å². The Morgan fingerprint density at radius 1 is 1.26 bits per heavy atom. The quantitative estimate of drug-likeness (QED) is 0.547. The fourth-order valence-corrected chi connectivity index (χ4v) is 2.47. The molecule has 0 aliphatic carbocycles. The van der Waals surface area contributed by atoms with Crippen LogP contribution in [0.1, 0.15) is 5.56 Å². The van der Waals surface area contributed by atoms with E-state index in [2.05, 4.69) is 21.2 Å².